The number of likely N-dealkylation sites (N-methyl/N-ethyl adjacent to an activating group) is 1. The van der Waals surface area contributed by atoms with Crippen molar-refractivity contribution in [2.75, 3.05) is 19.8 Å². The zero-order valence-corrected chi connectivity index (χ0v) is 13.9. The van der Waals surface area contributed by atoms with Crippen molar-refractivity contribution in [1.29, 1.82) is 0 Å². The van der Waals surface area contributed by atoms with Gasteiger partial charge in [0.1, 0.15) is 0 Å². The van der Waals surface area contributed by atoms with Crippen molar-refractivity contribution in [3.8, 4) is 0 Å². The van der Waals surface area contributed by atoms with Crippen LogP contribution in [0.1, 0.15) is 48.9 Å². The zero-order chi connectivity index (χ0) is 15.0. The third-order valence-corrected chi connectivity index (χ3v) is 3.83. The van der Waals surface area contributed by atoms with Gasteiger partial charge in [-0.25, -0.2) is 0 Å². The molecule has 0 bridgehead atoms. The van der Waals surface area contributed by atoms with Gasteiger partial charge in [-0.05, 0) is 70.2 Å². The van der Waals surface area contributed by atoms with Crippen molar-refractivity contribution < 1.29 is 4.74 Å². The molecule has 2 nitrogen and oxygen atoms in total. The largest absolute Gasteiger partial charge is 0.382 e. The maximum absolute atomic E-state index is 5.45. The van der Waals surface area contributed by atoms with E-state index in [0.29, 0.717) is 6.04 Å². The van der Waals surface area contributed by atoms with Crippen molar-refractivity contribution >= 4 is 0 Å². The van der Waals surface area contributed by atoms with Crippen LogP contribution in [0.5, 0.6) is 0 Å². The van der Waals surface area contributed by atoms with Crippen LogP contribution in [0.4, 0.5) is 0 Å². The standard InChI is InChI=1S/C18H31NO/c1-6-19-17(9-8-10-20-7-2)13-18-15(4)11-14(3)12-16(18)5/h11-12,17,19H,6-10,13H2,1-5H3. The summed E-state index contributed by atoms with van der Waals surface area (Å²) in [5.41, 5.74) is 5.73. The summed E-state index contributed by atoms with van der Waals surface area (Å²) >= 11 is 0. The van der Waals surface area contributed by atoms with Crippen LogP contribution in [0.3, 0.4) is 0 Å². The molecule has 0 aliphatic heterocycles. The molecule has 0 heterocycles. The average Bonchev–Trinajstić information content (AvgIpc) is 2.38. The van der Waals surface area contributed by atoms with Crippen LogP contribution in [0.25, 0.3) is 0 Å². The van der Waals surface area contributed by atoms with E-state index in [4.69, 9.17) is 4.74 Å². The minimum atomic E-state index is 0.556. The Morgan fingerprint density at radius 2 is 1.75 bits per heavy atom. The first-order chi connectivity index (χ1) is 9.58. The fraction of sp³-hybridized carbons (Fsp3) is 0.667. The molecule has 0 saturated heterocycles. The molecule has 0 aromatic heterocycles. The Morgan fingerprint density at radius 1 is 1.10 bits per heavy atom. The SMILES string of the molecule is CCNC(CCCOCC)Cc1c(C)cc(C)cc1C. The molecule has 0 aliphatic rings. The van der Waals surface area contributed by atoms with Crippen LogP contribution in [0, 0.1) is 20.8 Å². The molecule has 0 amide bonds. The average molecular weight is 277 g/mol. The highest BCUT2D eigenvalue weighted by Gasteiger charge is 2.12. The van der Waals surface area contributed by atoms with E-state index in [2.05, 4.69) is 52.1 Å². The third-order valence-electron chi connectivity index (χ3n) is 3.83. The smallest absolute Gasteiger partial charge is 0.0466 e. The predicted octanol–water partition coefficient (Wildman–Crippen LogP) is 3.95. The van der Waals surface area contributed by atoms with E-state index < -0.39 is 0 Å². The summed E-state index contributed by atoms with van der Waals surface area (Å²) in [7, 11) is 0. The molecule has 0 aliphatic carbocycles. The summed E-state index contributed by atoms with van der Waals surface area (Å²) in [5, 5.41) is 3.62. The molecule has 1 atom stereocenters. The highest BCUT2D eigenvalue weighted by molar-refractivity contribution is 5.38. The van der Waals surface area contributed by atoms with Gasteiger partial charge < -0.3 is 10.1 Å². The Morgan fingerprint density at radius 3 is 2.30 bits per heavy atom. The second-order valence-electron chi connectivity index (χ2n) is 5.68. The number of benzene rings is 1. The van der Waals surface area contributed by atoms with Gasteiger partial charge in [0.25, 0.3) is 0 Å². The molecular weight excluding hydrogens is 246 g/mol. The van der Waals surface area contributed by atoms with E-state index >= 15 is 0 Å². The van der Waals surface area contributed by atoms with Crippen LogP contribution < -0.4 is 5.32 Å². The van der Waals surface area contributed by atoms with E-state index in [1.807, 2.05) is 0 Å². The lowest BCUT2D eigenvalue weighted by Gasteiger charge is -2.21. The lowest BCUT2D eigenvalue weighted by molar-refractivity contribution is 0.141. The van der Waals surface area contributed by atoms with Crippen LogP contribution in [-0.4, -0.2) is 25.8 Å². The first-order valence-electron chi connectivity index (χ1n) is 7.96. The highest BCUT2D eigenvalue weighted by Crippen LogP contribution is 2.19. The fourth-order valence-corrected chi connectivity index (χ4v) is 2.92. The lowest BCUT2D eigenvalue weighted by Crippen LogP contribution is -2.31. The molecule has 1 aromatic carbocycles. The second kappa shape index (κ2) is 9.15. The molecule has 0 saturated carbocycles. The number of ether oxygens (including phenoxy) is 1. The van der Waals surface area contributed by atoms with Gasteiger partial charge in [-0.15, -0.1) is 0 Å². The molecule has 0 radical (unpaired) electrons. The Balaban J connectivity index is 2.65. The monoisotopic (exact) mass is 277 g/mol. The van der Waals surface area contributed by atoms with E-state index in [1.54, 1.807) is 0 Å². The quantitative estimate of drug-likeness (QED) is 0.690. The van der Waals surface area contributed by atoms with Crippen molar-refractivity contribution in [3.05, 3.63) is 34.4 Å². The summed E-state index contributed by atoms with van der Waals surface area (Å²) < 4.78 is 5.45. The van der Waals surface area contributed by atoms with Gasteiger partial charge in [-0.1, -0.05) is 24.6 Å². The van der Waals surface area contributed by atoms with Crippen LogP contribution in [-0.2, 0) is 11.2 Å². The van der Waals surface area contributed by atoms with Gasteiger partial charge in [0.15, 0.2) is 0 Å². The van der Waals surface area contributed by atoms with Gasteiger partial charge >= 0.3 is 0 Å². The second-order valence-corrected chi connectivity index (χ2v) is 5.68. The first-order valence-corrected chi connectivity index (χ1v) is 7.96. The molecule has 114 valence electrons. The minimum absolute atomic E-state index is 0.556. The minimum Gasteiger partial charge on any atom is -0.382 e. The maximum atomic E-state index is 5.45. The molecule has 2 heteroatoms. The van der Waals surface area contributed by atoms with Gasteiger partial charge in [-0.3, -0.25) is 0 Å². The maximum Gasteiger partial charge on any atom is 0.0466 e. The summed E-state index contributed by atoms with van der Waals surface area (Å²) in [4.78, 5) is 0. The van der Waals surface area contributed by atoms with Gasteiger partial charge in [0.05, 0.1) is 0 Å². The summed E-state index contributed by atoms with van der Waals surface area (Å²) in [5.74, 6) is 0. The van der Waals surface area contributed by atoms with Crippen molar-refractivity contribution in [3.63, 3.8) is 0 Å². The van der Waals surface area contributed by atoms with E-state index in [1.165, 1.54) is 28.7 Å². The van der Waals surface area contributed by atoms with Crippen LogP contribution in [0.2, 0.25) is 0 Å². The molecule has 1 aromatic rings. The van der Waals surface area contributed by atoms with Crippen LogP contribution in [0.15, 0.2) is 12.1 Å². The highest BCUT2D eigenvalue weighted by atomic mass is 16.5. The Bertz CT molecular complexity index is 377. The number of nitrogens with one attached hydrogen (secondary N) is 1. The molecule has 0 spiro atoms. The van der Waals surface area contributed by atoms with Crippen molar-refractivity contribution in [2.45, 2.75) is 59.9 Å². The summed E-state index contributed by atoms with van der Waals surface area (Å²) in [6.45, 7) is 13.6. The topological polar surface area (TPSA) is 21.3 Å². The molecule has 1 unspecified atom stereocenters. The summed E-state index contributed by atoms with van der Waals surface area (Å²) in [6, 6.07) is 5.15. The molecule has 0 fully saturated rings. The number of aryl methyl sites for hydroxylation is 3. The molecule has 1 N–H and O–H groups in total. The van der Waals surface area contributed by atoms with Crippen molar-refractivity contribution in [2.24, 2.45) is 0 Å². The molecule has 1 rings (SSSR count). The predicted molar refractivity (Wildman–Crippen MR) is 87.5 cm³/mol. The molecular formula is C18H31NO. The third kappa shape index (κ3) is 5.64. The van der Waals surface area contributed by atoms with Gasteiger partial charge in [0, 0.05) is 19.3 Å². The molecule has 20 heavy (non-hydrogen) atoms. The van der Waals surface area contributed by atoms with Crippen LogP contribution >= 0.6 is 0 Å². The first kappa shape index (κ1) is 17.2. The summed E-state index contributed by atoms with van der Waals surface area (Å²) in [6.07, 6.45) is 3.44. The lowest BCUT2D eigenvalue weighted by atomic mass is 9.93. The van der Waals surface area contributed by atoms with Gasteiger partial charge in [-0.2, -0.15) is 0 Å². The number of rotatable bonds is 9. The van der Waals surface area contributed by atoms with E-state index in [0.717, 1.165) is 32.6 Å². The Hall–Kier alpha value is -0.860. The Labute approximate surface area is 124 Å². The van der Waals surface area contributed by atoms with Gasteiger partial charge in [0.2, 0.25) is 0 Å². The number of hydrogen-bond acceptors (Lipinski definition) is 2. The Kier molecular flexibility index (Phi) is 7.86. The van der Waals surface area contributed by atoms with Crippen molar-refractivity contribution in [1.82, 2.24) is 5.32 Å². The zero-order valence-electron chi connectivity index (χ0n) is 13.9. The fourth-order valence-electron chi connectivity index (χ4n) is 2.92. The number of hydrogen-bond donors (Lipinski definition) is 1. The van der Waals surface area contributed by atoms with E-state index in [-0.39, 0.29) is 0 Å². The van der Waals surface area contributed by atoms with E-state index in [9.17, 15) is 0 Å². The normalized spacial score (nSPS) is 12.7.